The van der Waals surface area contributed by atoms with E-state index >= 15 is 0 Å². The molecule has 0 aliphatic heterocycles. The van der Waals surface area contributed by atoms with E-state index in [0.29, 0.717) is 12.2 Å². The van der Waals surface area contributed by atoms with E-state index in [1.807, 2.05) is 6.92 Å². The van der Waals surface area contributed by atoms with E-state index in [9.17, 15) is 0 Å². The number of ether oxygens (including phenoxy) is 1. The Balaban J connectivity index is 2.17. The largest absolute Gasteiger partial charge is 0.380 e. The van der Waals surface area contributed by atoms with Crippen molar-refractivity contribution >= 4 is 11.5 Å². The van der Waals surface area contributed by atoms with E-state index in [2.05, 4.69) is 25.8 Å². The molecule has 2 heterocycles. The molecule has 80 valence electrons. The summed E-state index contributed by atoms with van der Waals surface area (Å²) in [7, 11) is 1.67. The van der Waals surface area contributed by atoms with Crippen molar-refractivity contribution in [3.8, 4) is 0 Å². The van der Waals surface area contributed by atoms with Gasteiger partial charge in [0.05, 0.1) is 18.5 Å². The lowest BCUT2D eigenvalue weighted by molar-refractivity contribution is 0.128. The van der Waals surface area contributed by atoms with Gasteiger partial charge < -0.3 is 10.1 Å². The number of hydrogen-bond donors (Lipinski definition) is 1. The molecule has 2 rings (SSSR count). The summed E-state index contributed by atoms with van der Waals surface area (Å²) in [5.74, 6) is 0.751. The van der Waals surface area contributed by atoms with Crippen LogP contribution in [0.1, 0.15) is 6.92 Å². The number of anilines is 1. The van der Waals surface area contributed by atoms with Crippen molar-refractivity contribution in [2.24, 2.45) is 0 Å². The van der Waals surface area contributed by atoms with E-state index in [1.54, 1.807) is 24.0 Å². The summed E-state index contributed by atoms with van der Waals surface area (Å²) in [6.07, 6.45) is 3.40. The van der Waals surface area contributed by atoms with Crippen molar-refractivity contribution in [1.82, 2.24) is 25.0 Å². The van der Waals surface area contributed by atoms with Crippen LogP contribution in [0.25, 0.3) is 5.65 Å². The number of tetrazole rings is 1. The fraction of sp³-hybridized carbons (Fsp3) is 0.500. The zero-order valence-corrected chi connectivity index (χ0v) is 8.58. The molecule has 1 atom stereocenters. The summed E-state index contributed by atoms with van der Waals surface area (Å²) in [6.45, 7) is 2.65. The van der Waals surface area contributed by atoms with Crippen molar-refractivity contribution in [1.29, 1.82) is 0 Å². The van der Waals surface area contributed by atoms with Crippen LogP contribution in [0.15, 0.2) is 12.4 Å². The van der Waals surface area contributed by atoms with Crippen LogP contribution in [0.5, 0.6) is 0 Å². The number of aromatic nitrogens is 5. The highest BCUT2D eigenvalue weighted by Gasteiger charge is 2.04. The molecule has 7 heteroatoms. The Morgan fingerprint density at radius 2 is 2.40 bits per heavy atom. The van der Waals surface area contributed by atoms with Gasteiger partial charge in [-0.25, -0.2) is 0 Å². The average Bonchev–Trinajstić information content (AvgIpc) is 2.74. The van der Waals surface area contributed by atoms with E-state index in [1.165, 1.54) is 0 Å². The van der Waals surface area contributed by atoms with Gasteiger partial charge in [-0.15, -0.1) is 5.10 Å². The monoisotopic (exact) mass is 208 g/mol. The van der Waals surface area contributed by atoms with Gasteiger partial charge in [0.1, 0.15) is 0 Å². The van der Waals surface area contributed by atoms with Gasteiger partial charge in [0.2, 0.25) is 0 Å². The summed E-state index contributed by atoms with van der Waals surface area (Å²) in [5, 5.41) is 14.3. The molecule has 0 aliphatic carbocycles. The van der Waals surface area contributed by atoms with Gasteiger partial charge in [0, 0.05) is 13.7 Å². The Morgan fingerprint density at radius 3 is 3.20 bits per heavy atom. The minimum atomic E-state index is 0.122. The molecule has 0 amide bonds. The number of nitrogens with one attached hydrogen (secondary N) is 1. The fourth-order valence-electron chi connectivity index (χ4n) is 1.13. The minimum Gasteiger partial charge on any atom is -0.380 e. The minimum absolute atomic E-state index is 0.122. The van der Waals surface area contributed by atoms with Crippen molar-refractivity contribution in [2.75, 3.05) is 19.0 Å². The standard InChI is InChI=1S/C8H12N6O/c1-6(15-2)3-10-7-4-9-5-8-11-12-13-14(7)8/h4-6,10H,3H2,1-2H3. The van der Waals surface area contributed by atoms with Gasteiger partial charge in [-0.05, 0) is 17.4 Å². The van der Waals surface area contributed by atoms with Gasteiger partial charge in [-0.2, -0.15) is 4.52 Å². The first-order chi connectivity index (χ1) is 7.31. The second-order valence-electron chi connectivity index (χ2n) is 3.17. The Bertz CT molecular complexity index is 441. The zero-order valence-electron chi connectivity index (χ0n) is 8.58. The zero-order chi connectivity index (χ0) is 10.7. The third-order valence-corrected chi connectivity index (χ3v) is 2.08. The molecule has 7 nitrogen and oxygen atoms in total. The molecule has 0 aromatic carbocycles. The Hall–Kier alpha value is -1.76. The highest BCUT2D eigenvalue weighted by Crippen LogP contribution is 2.05. The molecule has 1 unspecified atom stereocenters. The van der Waals surface area contributed by atoms with Gasteiger partial charge in [0.15, 0.2) is 11.5 Å². The number of hydrogen-bond acceptors (Lipinski definition) is 6. The van der Waals surface area contributed by atoms with Crippen molar-refractivity contribution in [3.63, 3.8) is 0 Å². The van der Waals surface area contributed by atoms with E-state index in [0.717, 1.165) is 5.82 Å². The highest BCUT2D eigenvalue weighted by atomic mass is 16.5. The predicted molar refractivity (Wildman–Crippen MR) is 53.5 cm³/mol. The van der Waals surface area contributed by atoms with Crippen LogP contribution in [-0.4, -0.2) is 44.8 Å². The lowest BCUT2D eigenvalue weighted by atomic mass is 10.4. The summed E-state index contributed by atoms with van der Waals surface area (Å²) < 4.78 is 6.71. The lowest BCUT2D eigenvalue weighted by Crippen LogP contribution is -2.19. The molecular weight excluding hydrogens is 196 g/mol. The third-order valence-electron chi connectivity index (χ3n) is 2.08. The summed E-state index contributed by atoms with van der Waals surface area (Å²) in [6, 6.07) is 0. The molecule has 2 aromatic rings. The first kappa shape index (κ1) is 9.78. The SMILES string of the molecule is COC(C)CNc1cncc2nnnn12. The predicted octanol–water partition coefficient (Wildman–Crippen LogP) is -0.0339. The quantitative estimate of drug-likeness (QED) is 0.760. The van der Waals surface area contributed by atoms with E-state index in [4.69, 9.17) is 4.74 Å². The molecule has 0 bridgehead atoms. The highest BCUT2D eigenvalue weighted by molar-refractivity contribution is 5.43. The topological polar surface area (TPSA) is 77.2 Å². The third kappa shape index (κ3) is 2.01. The maximum absolute atomic E-state index is 5.12. The molecule has 0 saturated heterocycles. The molecule has 2 aromatic heterocycles. The number of methoxy groups -OCH3 is 1. The molecule has 0 spiro atoms. The fourth-order valence-corrected chi connectivity index (χ4v) is 1.13. The Labute approximate surface area is 86.5 Å². The summed E-state index contributed by atoms with van der Waals surface area (Å²) in [4.78, 5) is 4.02. The molecule has 15 heavy (non-hydrogen) atoms. The van der Waals surface area contributed by atoms with Gasteiger partial charge in [-0.3, -0.25) is 4.98 Å². The normalized spacial score (nSPS) is 12.9. The van der Waals surface area contributed by atoms with Crippen LogP contribution >= 0.6 is 0 Å². The molecule has 1 N–H and O–H groups in total. The van der Waals surface area contributed by atoms with Gasteiger partial charge in [0.25, 0.3) is 0 Å². The molecule has 0 saturated carbocycles. The maximum atomic E-state index is 5.12. The van der Waals surface area contributed by atoms with Crippen LogP contribution in [0.3, 0.4) is 0 Å². The molecule has 0 fully saturated rings. The molecule has 0 radical (unpaired) electrons. The average molecular weight is 208 g/mol. The van der Waals surface area contributed by atoms with Gasteiger partial charge >= 0.3 is 0 Å². The number of fused-ring (bicyclic) bond motifs is 1. The lowest BCUT2D eigenvalue weighted by Gasteiger charge is -2.11. The van der Waals surface area contributed by atoms with Crippen LogP contribution in [0.4, 0.5) is 5.82 Å². The van der Waals surface area contributed by atoms with Crippen LogP contribution in [0, 0.1) is 0 Å². The number of nitrogens with zero attached hydrogens (tertiary/aromatic N) is 5. The van der Waals surface area contributed by atoms with Crippen molar-refractivity contribution in [2.45, 2.75) is 13.0 Å². The van der Waals surface area contributed by atoms with Crippen molar-refractivity contribution < 1.29 is 4.74 Å². The van der Waals surface area contributed by atoms with E-state index < -0.39 is 0 Å². The van der Waals surface area contributed by atoms with Crippen LogP contribution in [0.2, 0.25) is 0 Å². The van der Waals surface area contributed by atoms with Crippen molar-refractivity contribution in [3.05, 3.63) is 12.4 Å². The smallest absolute Gasteiger partial charge is 0.199 e. The summed E-state index contributed by atoms with van der Waals surface area (Å²) in [5.41, 5.74) is 0.616. The van der Waals surface area contributed by atoms with Crippen LogP contribution < -0.4 is 5.32 Å². The maximum Gasteiger partial charge on any atom is 0.199 e. The first-order valence-electron chi connectivity index (χ1n) is 4.60. The summed E-state index contributed by atoms with van der Waals surface area (Å²) >= 11 is 0. The van der Waals surface area contributed by atoms with E-state index in [-0.39, 0.29) is 6.10 Å². The Morgan fingerprint density at radius 1 is 1.53 bits per heavy atom. The van der Waals surface area contributed by atoms with Gasteiger partial charge in [-0.1, -0.05) is 0 Å². The Kier molecular flexibility index (Phi) is 2.72. The number of rotatable bonds is 4. The molecular formula is C8H12N6O. The first-order valence-corrected chi connectivity index (χ1v) is 4.60. The second-order valence-corrected chi connectivity index (χ2v) is 3.17. The van der Waals surface area contributed by atoms with Crippen LogP contribution in [-0.2, 0) is 4.74 Å². The molecule has 0 aliphatic rings. The second kappa shape index (κ2) is 4.18.